The third kappa shape index (κ3) is 2.64. The Balaban J connectivity index is 2.08. The largest absolute Gasteiger partial charge is 0.367 e. The molecule has 0 aliphatic heterocycles. The van der Waals surface area contributed by atoms with E-state index in [0.29, 0.717) is 17.3 Å². The van der Waals surface area contributed by atoms with Gasteiger partial charge in [0.1, 0.15) is 11.6 Å². The van der Waals surface area contributed by atoms with Crippen LogP contribution in [0.15, 0.2) is 6.07 Å². The summed E-state index contributed by atoms with van der Waals surface area (Å²) in [6.07, 6.45) is 2.06. The molecule has 0 saturated heterocycles. The maximum absolute atomic E-state index is 5.95. The van der Waals surface area contributed by atoms with Gasteiger partial charge in [0, 0.05) is 29.1 Å². The van der Waals surface area contributed by atoms with Crippen LogP contribution in [0.5, 0.6) is 0 Å². The van der Waals surface area contributed by atoms with Gasteiger partial charge in [-0.25, -0.2) is 9.97 Å². The highest BCUT2D eigenvalue weighted by Gasteiger charge is 2.27. The van der Waals surface area contributed by atoms with Gasteiger partial charge in [-0.3, -0.25) is 0 Å². The zero-order valence-corrected chi connectivity index (χ0v) is 10.8. The first-order chi connectivity index (χ1) is 7.54. The standard InChI is InChI=1S/C12H18ClN3/c1-7(2)12-14-8(3)4-11(16-12)15-10-5-9(13)6-10/h4,7,9-10H,5-6H2,1-3H3,(H,14,15,16). The molecule has 4 heteroatoms. The summed E-state index contributed by atoms with van der Waals surface area (Å²) < 4.78 is 0. The number of rotatable bonds is 3. The van der Waals surface area contributed by atoms with E-state index >= 15 is 0 Å². The molecular weight excluding hydrogens is 222 g/mol. The Kier molecular flexibility index (Phi) is 3.33. The molecule has 0 aromatic carbocycles. The van der Waals surface area contributed by atoms with Crippen molar-refractivity contribution in [1.29, 1.82) is 0 Å². The average Bonchev–Trinajstić information content (AvgIpc) is 2.14. The summed E-state index contributed by atoms with van der Waals surface area (Å²) in [7, 11) is 0. The van der Waals surface area contributed by atoms with Gasteiger partial charge in [-0.2, -0.15) is 0 Å². The SMILES string of the molecule is Cc1cc(NC2CC(Cl)C2)nc(C(C)C)n1. The highest BCUT2D eigenvalue weighted by atomic mass is 35.5. The normalized spacial score (nSPS) is 24.3. The predicted octanol–water partition coefficient (Wildman–Crippen LogP) is 3.09. The summed E-state index contributed by atoms with van der Waals surface area (Å²) in [5.41, 5.74) is 1.02. The zero-order valence-electron chi connectivity index (χ0n) is 10.00. The lowest BCUT2D eigenvalue weighted by molar-refractivity contribution is 0.453. The fraction of sp³-hybridized carbons (Fsp3) is 0.667. The van der Waals surface area contributed by atoms with E-state index in [1.807, 2.05) is 13.0 Å². The number of halogens is 1. The van der Waals surface area contributed by atoms with Crippen molar-refractivity contribution >= 4 is 17.4 Å². The van der Waals surface area contributed by atoms with Crippen LogP contribution in [0.1, 0.15) is 44.1 Å². The maximum atomic E-state index is 5.95. The lowest BCUT2D eigenvalue weighted by Crippen LogP contribution is -2.36. The van der Waals surface area contributed by atoms with Crippen LogP contribution >= 0.6 is 11.6 Å². The first kappa shape index (κ1) is 11.6. The van der Waals surface area contributed by atoms with Crippen molar-refractivity contribution in [3.63, 3.8) is 0 Å². The van der Waals surface area contributed by atoms with Gasteiger partial charge in [0.2, 0.25) is 0 Å². The topological polar surface area (TPSA) is 37.8 Å². The van der Waals surface area contributed by atoms with Crippen molar-refractivity contribution in [2.24, 2.45) is 0 Å². The number of aryl methyl sites for hydroxylation is 1. The summed E-state index contributed by atoms with van der Waals surface area (Å²) in [5, 5.41) is 3.75. The van der Waals surface area contributed by atoms with Crippen molar-refractivity contribution < 1.29 is 0 Å². The number of hydrogen-bond donors (Lipinski definition) is 1. The fourth-order valence-electron chi connectivity index (χ4n) is 1.80. The average molecular weight is 240 g/mol. The number of nitrogens with one attached hydrogen (secondary N) is 1. The predicted molar refractivity (Wildman–Crippen MR) is 67.1 cm³/mol. The van der Waals surface area contributed by atoms with Gasteiger partial charge in [-0.15, -0.1) is 11.6 Å². The van der Waals surface area contributed by atoms with E-state index in [4.69, 9.17) is 11.6 Å². The molecule has 2 rings (SSSR count). The maximum Gasteiger partial charge on any atom is 0.133 e. The summed E-state index contributed by atoms with van der Waals surface area (Å²) >= 11 is 5.95. The molecule has 3 nitrogen and oxygen atoms in total. The Morgan fingerprint density at radius 1 is 1.38 bits per heavy atom. The molecule has 1 aromatic rings. The van der Waals surface area contributed by atoms with Crippen molar-refractivity contribution in [3.8, 4) is 0 Å². The number of aromatic nitrogens is 2. The van der Waals surface area contributed by atoms with Gasteiger partial charge in [-0.05, 0) is 19.8 Å². The summed E-state index contributed by atoms with van der Waals surface area (Å²) in [6, 6.07) is 2.48. The first-order valence-electron chi connectivity index (χ1n) is 5.81. The molecule has 1 heterocycles. The second-order valence-corrected chi connectivity index (χ2v) is 5.43. The first-order valence-corrected chi connectivity index (χ1v) is 6.24. The molecule has 1 saturated carbocycles. The molecule has 0 spiro atoms. The minimum atomic E-state index is 0.338. The molecule has 16 heavy (non-hydrogen) atoms. The number of nitrogens with zero attached hydrogens (tertiary/aromatic N) is 2. The van der Waals surface area contributed by atoms with Gasteiger partial charge < -0.3 is 5.32 Å². The molecule has 1 aromatic heterocycles. The van der Waals surface area contributed by atoms with Crippen LogP contribution in [0.25, 0.3) is 0 Å². The van der Waals surface area contributed by atoms with Gasteiger partial charge in [0.15, 0.2) is 0 Å². The molecule has 1 N–H and O–H groups in total. The second-order valence-electron chi connectivity index (χ2n) is 4.82. The highest BCUT2D eigenvalue weighted by Crippen LogP contribution is 2.28. The molecule has 1 fully saturated rings. The lowest BCUT2D eigenvalue weighted by atomic mass is 9.92. The molecule has 0 radical (unpaired) electrons. The Bertz CT molecular complexity index is 373. The third-order valence-electron chi connectivity index (χ3n) is 2.82. The fourth-order valence-corrected chi connectivity index (χ4v) is 2.23. The van der Waals surface area contributed by atoms with Crippen LogP contribution in [0.3, 0.4) is 0 Å². The van der Waals surface area contributed by atoms with Crippen molar-refractivity contribution in [1.82, 2.24) is 9.97 Å². The Morgan fingerprint density at radius 3 is 2.62 bits per heavy atom. The molecule has 0 atom stereocenters. The van der Waals surface area contributed by atoms with Crippen molar-refractivity contribution in [2.75, 3.05) is 5.32 Å². The van der Waals surface area contributed by atoms with E-state index in [2.05, 4.69) is 29.1 Å². The summed E-state index contributed by atoms with van der Waals surface area (Å²) in [5.74, 6) is 2.21. The smallest absolute Gasteiger partial charge is 0.133 e. The minimum Gasteiger partial charge on any atom is -0.367 e. The molecule has 1 aliphatic rings. The van der Waals surface area contributed by atoms with E-state index in [-0.39, 0.29) is 0 Å². The van der Waals surface area contributed by atoms with Crippen molar-refractivity contribution in [2.45, 2.75) is 50.9 Å². The molecule has 0 amide bonds. The summed E-state index contributed by atoms with van der Waals surface area (Å²) in [4.78, 5) is 8.94. The number of hydrogen-bond acceptors (Lipinski definition) is 3. The van der Waals surface area contributed by atoms with Crippen LogP contribution in [-0.2, 0) is 0 Å². The Labute approximate surface area is 102 Å². The van der Waals surface area contributed by atoms with Gasteiger partial charge in [-0.1, -0.05) is 13.8 Å². The molecular formula is C12H18ClN3. The van der Waals surface area contributed by atoms with E-state index < -0.39 is 0 Å². The van der Waals surface area contributed by atoms with Gasteiger partial charge in [0.25, 0.3) is 0 Å². The van der Waals surface area contributed by atoms with E-state index in [1.165, 1.54) is 0 Å². The monoisotopic (exact) mass is 239 g/mol. The van der Waals surface area contributed by atoms with Crippen LogP contribution in [0.4, 0.5) is 5.82 Å². The Hall–Kier alpha value is -0.830. The molecule has 0 bridgehead atoms. The van der Waals surface area contributed by atoms with Crippen LogP contribution in [0.2, 0.25) is 0 Å². The number of alkyl halides is 1. The van der Waals surface area contributed by atoms with E-state index in [1.54, 1.807) is 0 Å². The third-order valence-corrected chi connectivity index (χ3v) is 3.18. The van der Waals surface area contributed by atoms with Crippen LogP contribution in [0, 0.1) is 6.92 Å². The molecule has 1 aliphatic carbocycles. The van der Waals surface area contributed by atoms with Gasteiger partial charge >= 0.3 is 0 Å². The number of anilines is 1. The molecule has 0 unspecified atom stereocenters. The Morgan fingerprint density at radius 2 is 2.06 bits per heavy atom. The highest BCUT2D eigenvalue weighted by molar-refractivity contribution is 6.21. The molecule has 88 valence electrons. The quantitative estimate of drug-likeness (QED) is 0.824. The van der Waals surface area contributed by atoms with Crippen LogP contribution < -0.4 is 5.32 Å². The van der Waals surface area contributed by atoms with Crippen molar-refractivity contribution in [3.05, 3.63) is 17.6 Å². The summed E-state index contributed by atoms with van der Waals surface area (Å²) in [6.45, 7) is 6.22. The minimum absolute atomic E-state index is 0.338. The van der Waals surface area contributed by atoms with E-state index in [0.717, 1.165) is 30.2 Å². The lowest BCUT2D eigenvalue weighted by Gasteiger charge is -2.32. The van der Waals surface area contributed by atoms with Crippen LogP contribution in [-0.4, -0.2) is 21.4 Å². The second kappa shape index (κ2) is 4.58. The zero-order chi connectivity index (χ0) is 11.7. The van der Waals surface area contributed by atoms with Gasteiger partial charge in [0.05, 0.1) is 0 Å². The van der Waals surface area contributed by atoms with E-state index in [9.17, 15) is 0 Å².